The van der Waals surface area contributed by atoms with Gasteiger partial charge in [-0.2, -0.15) is 0 Å². The van der Waals surface area contributed by atoms with Crippen molar-refractivity contribution in [3.8, 4) is 39.2 Å². The molecule has 3 rings (SSSR count). The Balaban J connectivity index is 1.70. The fourth-order valence-electron chi connectivity index (χ4n) is 3.04. The van der Waals surface area contributed by atoms with Crippen LogP contribution in [-0.2, 0) is 13.1 Å². The second kappa shape index (κ2) is 10.2. The van der Waals surface area contributed by atoms with Crippen LogP contribution in [0.3, 0.4) is 0 Å². The minimum atomic E-state index is 0.624. The normalized spacial score (nSPS) is 10.6. The van der Waals surface area contributed by atoms with Crippen LogP contribution in [0.15, 0.2) is 36.5 Å². The molecule has 160 valence electrons. The summed E-state index contributed by atoms with van der Waals surface area (Å²) >= 11 is 1.60. The van der Waals surface area contributed by atoms with Crippen molar-refractivity contribution < 1.29 is 23.7 Å². The van der Waals surface area contributed by atoms with E-state index in [0.29, 0.717) is 36.1 Å². The Morgan fingerprint density at radius 1 is 0.733 bits per heavy atom. The SMILES string of the molecule is COc1ccc(CNCc2ncc(-c3cc(OC)c(OC)cc3OC)s2)cc1OC. The summed E-state index contributed by atoms with van der Waals surface area (Å²) in [6.45, 7) is 1.34. The predicted octanol–water partition coefficient (Wildman–Crippen LogP) is 4.14. The first-order chi connectivity index (χ1) is 14.6. The van der Waals surface area contributed by atoms with E-state index in [9.17, 15) is 0 Å². The predicted molar refractivity (Wildman–Crippen MR) is 117 cm³/mol. The van der Waals surface area contributed by atoms with Gasteiger partial charge in [-0.05, 0) is 23.8 Å². The standard InChI is InChI=1S/C22H26N2O5S/c1-25-16-7-6-14(8-18(16)27-3)11-23-13-22-24-12-21(30-22)15-9-19(28-4)20(29-5)10-17(15)26-2/h6-10,12,23H,11,13H2,1-5H3. The van der Waals surface area contributed by atoms with E-state index in [4.69, 9.17) is 23.7 Å². The lowest BCUT2D eigenvalue weighted by Crippen LogP contribution is -2.12. The molecule has 0 unspecified atom stereocenters. The number of methoxy groups -OCH3 is 5. The van der Waals surface area contributed by atoms with Crippen molar-refractivity contribution in [2.24, 2.45) is 0 Å². The molecule has 30 heavy (non-hydrogen) atoms. The molecule has 0 atom stereocenters. The summed E-state index contributed by atoms with van der Waals surface area (Å²) in [4.78, 5) is 5.54. The molecular formula is C22H26N2O5S. The second-order valence-corrected chi connectivity index (χ2v) is 7.43. The highest BCUT2D eigenvalue weighted by Gasteiger charge is 2.15. The molecule has 0 aliphatic rings. The summed E-state index contributed by atoms with van der Waals surface area (Å²) in [6, 6.07) is 9.61. The van der Waals surface area contributed by atoms with E-state index in [1.165, 1.54) is 0 Å². The zero-order valence-electron chi connectivity index (χ0n) is 17.8. The van der Waals surface area contributed by atoms with E-state index >= 15 is 0 Å². The molecule has 1 N–H and O–H groups in total. The highest BCUT2D eigenvalue weighted by Crippen LogP contribution is 2.41. The smallest absolute Gasteiger partial charge is 0.164 e. The van der Waals surface area contributed by atoms with E-state index in [1.807, 2.05) is 36.5 Å². The van der Waals surface area contributed by atoms with Gasteiger partial charge in [-0.25, -0.2) is 4.98 Å². The second-order valence-electron chi connectivity index (χ2n) is 6.32. The largest absolute Gasteiger partial charge is 0.496 e. The number of hydrogen-bond donors (Lipinski definition) is 1. The first-order valence-corrected chi connectivity index (χ1v) is 10.1. The maximum absolute atomic E-state index is 5.54. The Morgan fingerprint density at radius 3 is 2.03 bits per heavy atom. The van der Waals surface area contributed by atoms with E-state index in [2.05, 4.69) is 10.3 Å². The number of benzene rings is 2. The van der Waals surface area contributed by atoms with Crippen molar-refractivity contribution in [1.29, 1.82) is 0 Å². The van der Waals surface area contributed by atoms with Crippen LogP contribution in [0.1, 0.15) is 10.6 Å². The number of rotatable bonds is 10. The molecule has 0 fully saturated rings. The van der Waals surface area contributed by atoms with Gasteiger partial charge in [-0.3, -0.25) is 0 Å². The Labute approximate surface area is 180 Å². The molecule has 1 heterocycles. The van der Waals surface area contributed by atoms with Gasteiger partial charge in [0.15, 0.2) is 23.0 Å². The van der Waals surface area contributed by atoms with E-state index in [0.717, 1.165) is 26.8 Å². The molecule has 8 heteroatoms. The third kappa shape index (κ3) is 4.77. The molecule has 7 nitrogen and oxygen atoms in total. The number of aromatic nitrogens is 1. The first kappa shape index (κ1) is 21.7. The van der Waals surface area contributed by atoms with Crippen molar-refractivity contribution in [1.82, 2.24) is 10.3 Å². The molecule has 0 radical (unpaired) electrons. The van der Waals surface area contributed by atoms with Gasteiger partial charge < -0.3 is 29.0 Å². The molecule has 0 spiro atoms. The third-order valence-electron chi connectivity index (χ3n) is 4.58. The molecule has 0 bridgehead atoms. The van der Waals surface area contributed by atoms with Gasteiger partial charge in [-0.15, -0.1) is 11.3 Å². The quantitative estimate of drug-likeness (QED) is 0.518. The molecule has 0 saturated heterocycles. The average molecular weight is 431 g/mol. The number of nitrogens with one attached hydrogen (secondary N) is 1. The van der Waals surface area contributed by atoms with Crippen molar-refractivity contribution in [3.05, 3.63) is 47.1 Å². The minimum absolute atomic E-state index is 0.624. The lowest BCUT2D eigenvalue weighted by molar-refractivity contribution is 0.349. The van der Waals surface area contributed by atoms with Crippen molar-refractivity contribution >= 4 is 11.3 Å². The van der Waals surface area contributed by atoms with Gasteiger partial charge in [-0.1, -0.05) is 6.07 Å². The van der Waals surface area contributed by atoms with Crippen LogP contribution in [0.4, 0.5) is 0 Å². The number of hydrogen-bond acceptors (Lipinski definition) is 8. The lowest BCUT2D eigenvalue weighted by Gasteiger charge is -2.13. The van der Waals surface area contributed by atoms with Crippen molar-refractivity contribution in [2.45, 2.75) is 13.1 Å². The summed E-state index contributed by atoms with van der Waals surface area (Å²) in [5.74, 6) is 3.42. The Bertz CT molecular complexity index is 990. The van der Waals surface area contributed by atoms with Gasteiger partial charge in [0.25, 0.3) is 0 Å². The highest BCUT2D eigenvalue weighted by atomic mass is 32.1. The van der Waals surface area contributed by atoms with Crippen LogP contribution >= 0.6 is 11.3 Å². The topological polar surface area (TPSA) is 71.1 Å². The van der Waals surface area contributed by atoms with Crippen LogP contribution in [0.25, 0.3) is 10.4 Å². The summed E-state index contributed by atoms with van der Waals surface area (Å²) in [5, 5.41) is 4.39. The van der Waals surface area contributed by atoms with Crippen molar-refractivity contribution in [3.63, 3.8) is 0 Å². The van der Waals surface area contributed by atoms with Crippen LogP contribution < -0.4 is 29.0 Å². The van der Waals surface area contributed by atoms with Gasteiger partial charge in [0.1, 0.15) is 10.8 Å². The van der Waals surface area contributed by atoms with E-state index in [1.54, 1.807) is 46.9 Å². The maximum Gasteiger partial charge on any atom is 0.164 e. The highest BCUT2D eigenvalue weighted by molar-refractivity contribution is 7.15. The zero-order valence-corrected chi connectivity index (χ0v) is 18.6. The van der Waals surface area contributed by atoms with Gasteiger partial charge >= 0.3 is 0 Å². The molecular weight excluding hydrogens is 404 g/mol. The average Bonchev–Trinajstić information content (AvgIpc) is 3.26. The van der Waals surface area contributed by atoms with Crippen molar-refractivity contribution in [2.75, 3.05) is 35.5 Å². The molecule has 0 saturated carbocycles. The van der Waals surface area contributed by atoms with Gasteiger partial charge in [0.2, 0.25) is 0 Å². The van der Waals surface area contributed by atoms with Crippen LogP contribution in [0.2, 0.25) is 0 Å². The zero-order chi connectivity index (χ0) is 21.5. The third-order valence-corrected chi connectivity index (χ3v) is 5.61. The molecule has 2 aromatic carbocycles. The molecule has 1 aromatic heterocycles. The Hall–Kier alpha value is -2.97. The van der Waals surface area contributed by atoms with E-state index in [-0.39, 0.29) is 0 Å². The number of thiazole rings is 1. The van der Waals surface area contributed by atoms with Crippen LogP contribution in [0, 0.1) is 0 Å². The summed E-state index contributed by atoms with van der Waals surface area (Å²) in [7, 11) is 8.12. The minimum Gasteiger partial charge on any atom is -0.496 e. The molecule has 3 aromatic rings. The molecule has 0 aliphatic carbocycles. The monoisotopic (exact) mass is 430 g/mol. The molecule has 0 aliphatic heterocycles. The van der Waals surface area contributed by atoms with Gasteiger partial charge in [0, 0.05) is 30.9 Å². The summed E-state index contributed by atoms with van der Waals surface area (Å²) in [6.07, 6.45) is 1.85. The maximum atomic E-state index is 5.54. The Kier molecular flexibility index (Phi) is 7.37. The lowest BCUT2D eigenvalue weighted by atomic mass is 10.1. The van der Waals surface area contributed by atoms with Gasteiger partial charge in [0.05, 0.1) is 40.4 Å². The number of ether oxygens (including phenoxy) is 5. The summed E-state index contributed by atoms with van der Waals surface area (Å²) < 4.78 is 27.0. The fourth-order valence-corrected chi connectivity index (χ4v) is 3.95. The molecule has 0 amide bonds. The number of nitrogens with zero attached hydrogens (tertiary/aromatic N) is 1. The van der Waals surface area contributed by atoms with Crippen LogP contribution in [0.5, 0.6) is 28.7 Å². The van der Waals surface area contributed by atoms with Crippen LogP contribution in [-0.4, -0.2) is 40.5 Å². The fraction of sp³-hybridized carbons (Fsp3) is 0.318. The summed E-state index contributed by atoms with van der Waals surface area (Å²) in [5.41, 5.74) is 2.02. The Morgan fingerprint density at radius 2 is 1.37 bits per heavy atom. The first-order valence-electron chi connectivity index (χ1n) is 9.30. The van der Waals surface area contributed by atoms with E-state index < -0.39 is 0 Å².